The normalized spacial score (nSPS) is 11.9. The molecular weight excluding hydrogens is 577 g/mol. The molecule has 0 fully saturated rings. The van der Waals surface area contributed by atoms with E-state index in [9.17, 15) is 0 Å². The highest BCUT2D eigenvalue weighted by Crippen LogP contribution is 2.52. The molecule has 10 aromatic rings. The number of benzene rings is 8. The summed E-state index contributed by atoms with van der Waals surface area (Å²) in [6, 6.07) is 57.0. The van der Waals surface area contributed by atoms with E-state index in [1.165, 1.54) is 69.0 Å². The molecule has 0 N–H and O–H groups in total. The van der Waals surface area contributed by atoms with E-state index in [1.54, 1.807) is 0 Å². The van der Waals surface area contributed by atoms with E-state index >= 15 is 0 Å². The smallest absolute Gasteiger partial charge is 0.144 e. The van der Waals surface area contributed by atoms with Crippen LogP contribution in [0.4, 0.5) is 0 Å². The van der Waals surface area contributed by atoms with Gasteiger partial charge in [0.25, 0.3) is 0 Å². The molecule has 0 aliphatic heterocycles. The number of thiophene rings is 1. The van der Waals surface area contributed by atoms with Crippen LogP contribution in [-0.2, 0) is 0 Å². The first-order valence-electron chi connectivity index (χ1n) is 15.7. The molecule has 0 amide bonds. The Balaban J connectivity index is 1.41. The average Bonchev–Trinajstić information content (AvgIpc) is 3.69. The van der Waals surface area contributed by atoms with E-state index in [2.05, 4.69) is 158 Å². The van der Waals surface area contributed by atoms with Crippen molar-refractivity contribution >= 4 is 74.8 Å². The first-order chi connectivity index (χ1) is 22.8. The van der Waals surface area contributed by atoms with Crippen LogP contribution in [0, 0.1) is 0 Å². The predicted molar refractivity (Wildman–Crippen MR) is 198 cm³/mol. The van der Waals surface area contributed by atoms with Crippen LogP contribution in [0.2, 0.25) is 0 Å². The van der Waals surface area contributed by atoms with Gasteiger partial charge in [-0.3, -0.25) is 0 Å². The van der Waals surface area contributed by atoms with Gasteiger partial charge in [-0.25, -0.2) is 0 Å². The molecule has 46 heavy (non-hydrogen) atoms. The fourth-order valence-corrected chi connectivity index (χ4v) is 8.68. The van der Waals surface area contributed by atoms with Gasteiger partial charge in [-0.1, -0.05) is 140 Å². The molecule has 2 heteroatoms. The van der Waals surface area contributed by atoms with E-state index < -0.39 is 0 Å². The maximum Gasteiger partial charge on any atom is 0.144 e. The van der Waals surface area contributed by atoms with Gasteiger partial charge in [-0.05, 0) is 67.2 Å². The van der Waals surface area contributed by atoms with Gasteiger partial charge in [-0.15, -0.1) is 11.3 Å². The molecule has 0 unspecified atom stereocenters. The molecule has 0 aliphatic rings. The minimum atomic E-state index is 0.913. The summed E-state index contributed by atoms with van der Waals surface area (Å²) in [7, 11) is 0. The van der Waals surface area contributed by atoms with Crippen molar-refractivity contribution in [3.63, 3.8) is 0 Å². The van der Waals surface area contributed by atoms with Crippen LogP contribution >= 0.6 is 11.3 Å². The zero-order valence-electron chi connectivity index (χ0n) is 24.8. The molecule has 2 aromatic heterocycles. The quantitative estimate of drug-likeness (QED) is 0.183. The number of rotatable bonds is 3. The highest BCUT2D eigenvalue weighted by Gasteiger charge is 2.26. The molecule has 0 spiro atoms. The maximum absolute atomic E-state index is 7.10. The Labute approximate surface area is 269 Å². The van der Waals surface area contributed by atoms with Gasteiger partial charge in [0, 0.05) is 36.7 Å². The van der Waals surface area contributed by atoms with E-state index in [0.29, 0.717) is 0 Å². The van der Waals surface area contributed by atoms with Crippen LogP contribution in [0.25, 0.3) is 97.0 Å². The van der Waals surface area contributed by atoms with Crippen molar-refractivity contribution in [3.8, 4) is 33.6 Å². The Morgan fingerprint density at radius 1 is 0.370 bits per heavy atom. The van der Waals surface area contributed by atoms with Gasteiger partial charge < -0.3 is 4.42 Å². The molecular formula is C44H26OS. The Morgan fingerprint density at radius 2 is 0.957 bits per heavy atom. The van der Waals surface area contributed by atoms with E-state index in [0.717, 1.165) is 28.0 Å². The highest BCUT2D eigenvalue weighted by molar-refractivity contribution is 7.26. The predicted octanol–water partition coefficient (Wildman–Crippen LogP) is 13.3. The van der Waals surface area contributed by atoms with E-state index in [1.807, 2.05) is 11.3 Å². The molecule has 214 valence electrons. The summed E-state index contributed by atoms with van der Waals surface area (Å²) >= 11 is 1.85. The van der Waals surface area contributed by atoms with Crippen molar-refractivity contribution in [2.24, 2.45) is 0 Å². The zero-order chi connectivity index (χ0) is 30.2. The summed E-state index contributed by atoms with van der Waals surface area (Å²) < 4.78 is 9.67. The number of furan rings is 1. The van der Waals surface area contributed by atoms with Gasteiger partial charge in [0.05, 0.1) is 0 Å². The fraction of sp³-hybridized carbons (Fsp3) is 0. The summed E-state index contributed by atoms with van der Waals surface area (Å²) in [5.41, 5.74) is 6.86. The first kappa shape index (κ1) is 25.6. The lowest BCUT2D eigenvalue weighted by atomic mass is 9.85. The van der Waals surface area contributed by atoms with Gasteiger partial charge >= 0.3 is 0 Å². The van der Waals surface area contributed by atoms with Crippen LogP contribution < -0.4 is 0 Å². The molecule has 0 saturated carbocycles. The maximum atomic E-state index is 7.10. The molecule has 0 atom stereocenters. The van der Waals surface area contributed by atoms with Crippen LogP contribution in [0.15, 0.2) is 162 Å². The Kier molecular flexibility index (Phi) is 5.51. The fourth-order valence-electron chi connectivity index (χ4n) is 7.57. The molecule has 0 bridgehead atoms. The van der Waals surface area contributed by atoms with E-state index in [4.69, 9.17) is 4.42 Å². The van der Waals surface area contributed by atoms with Crippen molar-refractivity contribution in [1.82, 2.24) is 0 Å². The zero-order valence-corrected chi connectivity index (χ0v) is 25.6. The molecule has 0 radical (unpaired) electrons. The second kappa shape index (κ2) is 9.90. The van der Waals surface area contributed by atoms with Crippen molar-refractivity contribution in [2.45, 2.75) is 0 Å². The van der Waals surface area contributed by atoms with Crippen molar-refractivity contribution < 1.29 is 4.42 Å². The third kappa shape index (κ3) is 3.62. The van der Waals surface area contributed by atoms with Crippen molar-refractivity contribution in [1.29, 1.82) is 0 Å². The molecule has 8 aromatic carbocycles. The SMILES string of the molecule is c1ccc(-c2c(-c3c4ccccc4c(-c4cccc5ccccc45)c4ccccc34)oc3ccc4sc5ccccc5c4c23)cc1. The largest absolute Gasteiger partial charge is 0.455 e. The van der Waals surface area contributed by atoms with Crippen LogP contribution in [0.3, 0.4) is 0 Å². The average molecular weight is 603 g/mol. The Hall–Kier alpha value is -5.70. The number of hydrogen-bond donors (Lipinski definition) is 0. The first-order valence-corrected chi connectivity index (χ1v) is 16.5. The Bertz CT molecular complexity index is 2740. The molecule has 0 saturated heterocycles. The minimum absolute atomic E-state index is 0.913. The van der Waals surface area contributed by atoms with Crippen molar-refractivity contribution in [2.75, 3.05) is 0 Å². The third-order valence-corrected chi connectivity index (χ3v) is 10.6. The third-order valence-electron chi connectivity index (χ3n) is 9.47. The van der Waals surface area contributed by atoms with Gasteiger partial charge in [0.1, 0.15) is 11.3 Å². The minimum Gasteiger partial charge on any atom is -0.455 e. The lowest BCUT2D eigenvalue weighted by Crippen LogP contribution is -1.92. The molecule has 2 heterocycles. The van der Waals surface area contributed by atoms with Crippen LogP contribution in [-0.4, -0.2) is 0 Å². The van der Waals surface area contributed by atoms with Gasteiger partial charge in [-0.2, -0.15) is 0 Å². The number of hydrogen-bond acceptors (Lipinski definition) is 2. The summed E-state index contributed by atoms with van der Waals surface area (Å²) in [5.74, 6) is 0.917. The van der Waals surface area contributed by atoms with Gasteiger partial charge in [0.15, 0.2) is 0 Å². The second-order valence-corrected chi connectivity index (χ2v) is 13.0. The summed E-state index contributed by atoms with van der Waals surface area (Å²) in [6.07, 6.45) is 0. The van der Waals surface area contributed by atoms with Crippen LogP contribution in [0.1, 0.15) is 0 Å². The van der Waals surface area contributed by atoms with E-state index in [-0.39, 0.29) is 0 Å². The standard InChI is InChI=1S/C44H26OS/c1-2-14-28(15-3-1)39-43-36(25-26-38-42(43)35-22-10-11-24-37(35)46-38)45-44(39)41-33-20-8-6-18-31(33)40(32-19-7-9-21-34(32)41)30-23-12-16-27-13-4-5-17-29(27)30/h1-26H. The number of fused-ring (bicyclic) bond motifs is 8. The Morgan fingerprint density at radius 3 is 1.70 bits per heavy atom. The van der Waals surface area contributed by atoms with Crippen LogP contribution in [0.5, 0.6) is 0 Å². The summed E-state index contributed by atoms with van der Waals surface area (Å²) in [6.45, 7) is 0. The van der Waals surface area contributed by atoms with Crippen molar-refractivity contribution in [3.05, 3.63) is 158 Å². The van der Waals surface area contributed by atoms with Gasteiger partial charge in [0.2, 0.25) is 0 Å². The summed E-state index contributed by atoms with van der Waals surface area (Å²) in [4.78, 5) is 0. The highest BCUT2D eigenvalue weighted by atomic mass is 32.1. The lowest BCUT2D eigenvalue weighted by Gasteiger charge is -2.18. The topological polar surface area (TPSA) is 13.1 Å². The molecule has 1 nitrogen and oxygen atoms in total. The monoisotopic (exact) mass is 602 g/mol. The lowest BCUT2D eigenvalue weighted by molar-refractivity contribution is 0.634. The molecule has 10 rings (SSSR count). The second-order valence-electron chi connectivity index (χ2n) is 12.0. The summed E-state index contributed by atoms with van der Waals surface area (Å²) in [5, 5.41) is 11.0. The molecule has 0 aliphatic carbocycles.